The van der Waals surface area contributed by atoms with Gasteiger partial charge in [0.1, 0.15) is 0 Å². The first-order chi connectivity index (χ1) is 9.70. The molecule has 20 heavy (non-hydrogen) atoms. The molecule has 0 aliphatic rings. The molecule has 2 aromatic rings. The fourth-order valence-corrected chi connectivity index (χ4v) is 2.10. The SMILES string of the molecule is CCCCc1ccc(NC(=O)c2ccncc2Cl)cc1. The number of carbonyl (C=O) groups is 1. The van der Waals surface area contributed by atoms with Crippen LogP contribution in [-0.4, -0.2) is 10.9 Å². The second kappa shape index (κ2) is 7.06. The molecule has 0 unspecified atom stereocenters. The van der Waals surface area contributed by atoms with Gasteiger partial charge in [-0.25, -0.2) is 0 Å². The molecule has 3 nitrogen and oxygen atoms in total. The number of pyridine rings is 1. The number of aryl methyl sites for hydroxylation is 1. The van der Waals surface area contributed by atoms with E-state index in [0.29, 0.717) is 10.6 Å². The Hall–Kier alpha value is -1.87. The summed E-state index contributed by atoms with van der Waals surface area (Å²) in [5.74, 6) is -0.223. The van der Waals surface area contributed by atoms with Crippen molar-refractivity contribution in [2.45, 2.75) is 26.2 Å². The van der Waals surface area contributed by atoms with E-state index in [2.05, 4.69) is 17.2 Å². The number of nitrogens with one attached hydrogen (secondary N) is 1. The lowest BCUT2D eigenvalue weighted by Gasteiger charge is -2.07. The standard InChI is InChI=1S/C16H17ClN2O/c1-2-3-4-12-5-7-13(8-6-12)19-16(20)14-9-10-18-11-15(14)17/h5-11H,2-4H2,1H3,(H,19,20). The van der Waals surface area contributed by atoms with Gasteiger partial charge in [0, 0.05) is 18.1 Å². The van der Waals surface area contributed by atoms with Crippen molar-refractivity contribution in [3.8, 4) is 0 Å². The number of hydrogen-bond donors (Lipinski definition) is 1. The Bertz CT molecular complexity index is 581. The summed E-state index contributed by atoms with van der Waals surface area (Å²) in [4.78, 5) is 15.9. The van der Waals surface area contributed by atoms with Gasteiger partial charge in [0.05, 0.1) is 10.6 Å². The summed E-state index contributed by atoms with van der Waals surface area (Å²) in [6.07, 6.45) is 6.44. The van der Waals surface area contributed by atoms with E-state index in [1.807, 2.05) is 24.3 Å². The van der Waals surface area contributed by atoms with Crippen LogP contribution in [0.1, 0.15) is 35.7 Å². The van der Waals surface area contributed by atoms with Crippen molar-refractivity contribution >= 4 is 23.2 Å². The molecule has 0 atom stereocenters. The Morgan fingerprint density at radius 1 is 1.25 bits per heavy atom. The molecule has 0 aliphatic heterocycles. The maximum atomic E-state index is 12.1. The lowest BCUT2D eigenvalue weighted by atomic mass is 10.1. The molecule has 2 rings (SSSR count). The minimum atomic E-state index is -0.223. The zero-order valence-corrected chi connectivity index (χ0v) is 12.2. The Balaban J connectivity index is 2.03. The van der Waals surface area contributed by atoms with Crippen LogP contribution in [0.15, 0.2) is 42.7 Å². The van der Waals surface area contributed by atoms with E-state index in [4.69, 9.17) is 11.6 Å². The molecule has 104 valence electrons. The number of nitrogens with zero attached hydrogens (tertiary/aromatic N) is 1. The summed E-state index contributed by atoms with van der Waals surface area (Å²) in [5, 5.41) is 3.18. The number of halogens is 1. The van der Waals surface area contributed by atoms with Gasteiger partial charge in [-0.3, -0.25) is 9.78 Å². The van der Waals surface area contributed by atoms with E-state index in [-0.39, 0.29) is 5.91 Å². The van der Waals surface area contributed by atoms with E-state index in [0.717, 1.165) is 12.1 Å². The molecule has 1 amide bonds. The largest absolute Gasteiger partial charge is 0.322 e. The molecule has 0 fully saturated rings. The number of carbonyl (C=O) groups excluding carboxylic acids is 1. The molecule has 1 aromatic carbocycles. The van der Waals surface area contributed by atoms with Crippen LogP contribution in [-0.2, 0) is 6.42 Å². The molecule has 0 radical (unpaired) electrons. The number of amides is 1. The Kier molecular flexibility index (Phi) is 5.13. The second-order valence-electron chi connectivity index (χ2n) is 4.61. The number of aromatic nitrogens is 1. The smallest absolute Gasteiger partial charge is 0.257 e. The summed E-state index contributed by atoms with van der Waals surface area (Å²) in [7, 11) is 0. The van der Waals surface area contributed by atoms with E-state index in [1.54, 1.807) is 12.3 Å². The summed E-state index contributed by atoms with van der Waals surface area (Å²) in [5.41, 5.74) is 2.48. The molecule has 1 N–H and O–H groups in total. The molecule has 1 aromatic heterocycles. The Labute approximate surface area is 124 Å². The van der Waals surface area contributed by atoms with Gasteiger partial charge >= 0.3 is 0 Å². The lowest BCUT2D eigenvalue weighted by molar-refractivity contribution is 0.102. The van der Waals surface area contributed by atoms with Crippen molar-refractivity contribution in [2.75, 3.05) is 5.32 Å². The highest BCUT2D eigenvalue weighted by Crippen LogP contribution is 2.17. The number of unbranched alkanes of at least 4 members (excludes halogenated alkanes) is 1. The first kappa shape index (κ1) is 14.5. The normalized spacial score (nSPS) is 10.3. The number of anilines is 1. The highest BCUT2D eigenvalue weighted by atomic mass is 35.5. The second-order valence-corrected chi connectivity index (χ2v) is 5.02. The van der Waals surface area contributed by atoms with Gasteiger partial charge < -0.3 is 5.32 Å². The Morgan fingerprint density at radius 3 is 2.65 bits per heavy atom. The quantitative estimate of drug-likeness (QED) is 0.890. The third-order valence-corrected chi connectivity index (χ3v) is 3.35. The average Bonchev–Trinajstić information content (AvgIpc) is 2.47. The first-order valence-electron chi connectivity index (χ1n) is 6.70. The van der Waals surface area contributed by atoms with E-state index >= 15 is 0 Å². The number of hydrogen-bond acceptors (Lipinski definition) is 2. The van der Waals surface area contributed by atoms with Gasteiger partial charge in [-0.05, 0) is 36.6 Å². The van der Waals surface area contributed by atoms with Gasteiger partial charge in [-0.2, -0.15) is 0 Å². The van der Waals surface area contributed by atoms with E-state index in [1.165, 1.54) is 24.6 Å². The van der Waals surface area contributed by atoms with Crippen molar-refractivity contribution in [3.05, 3.63) is 58.9 Å². The number of benzene rings is 1. The zero-order chi connectivity index (χ0) is 14.4. The van der Waals surface area contributed by atoms with Gasteiger partial charge in [-0.15, -0.1) is 0 Å². The summed E-state index contributed by atoms with van der Waals surface area (Å²) in [6.45, 7) is 2.17. The van der Waals surface area contributed by atoms with Crippen LogP contribution in [0.5, 0.6) is 0 Å². The van der Waals surface area contributed by atoms with Crippen molar-refractivity contribution < 1.29 is 4.79 Å². The average molecular weight is 289 g/mol. The van der Waals surface area contributed by atoms with Gasteiger partial charge in [0.25, 0.3) is 5.91 Å². The van der Waals surface area contributed by atoms with Crippen LogP contribution in [0, 0.1) is 0 Å². The third kappa shape index (κ3) is 3.81. The minimum Gasteiger partial charge on any atom is -0.322 e. The maximum Gasteiger partial charge on any atom is 0.257 e. The molecular weight excluding hydrogens is 272 g/mol. The lowest BCUT2D eigenvalue weighted by Crippen LogP contribution is -2.12. The van der Waals surface area contributed by atoms with Crippen molar-refractivity contribution in [3.63, 3.8) is 0 Å². The summed E-state index contributed by atoms with van der Waals surface area (Å²) in [6, 6.07) is 9.52. The van der Waals surface area contributed by atoms with Crippen LogP contribution in [0.3, 0.4) is 0 Å². The molecule has 0 bridgehead atoms. The maximum absolute atomic E-state index is 12.1. The highest BCUT2D eigenvalue weighted by molar-refractivity contribution is 6.34. The monoisotopic (exact) mass is 288 g/mol. The molecule has 0 aliphatic carbocycles. The third-order valence-electron chi connectivity index (χ3n) is 3.05. The highest BCUT2D eigenvalue weighted by Gasteiger charge is 2.09. The molecule has 0 saturated heterocycles. The molecular formula is C16H17ClN2O. The first-order valence-corrected chi connectivity index (χ1v) is 7.08. The molecule has 4 heteroatoms. The van der Waals surface area contributed by atoms with E-state index in [9.17, 15) is 4.79 Å². The van der Waals surface area contributed by atoms with Crippen LogP contribution in [0.2, 0.25) is 5.02 Å². The van der Waals surface area contributed by atoms with Crippen LogP contribution in [0.4, 0.5) is 5.69 Å². The van der Waals surface area contributed by atoms with Crippen molar-refractivity contribution in [2.24, 2.45) is 0 Å². The zero-order valence-electron chi connectivity index (χ0n) is 11.4. The van der Waals surface area contributed by atoms with Crippen LogP contribution >= 0.6 is 11.6 Å². The molecule has 1 heterocycles. The van der Waals surface area contributed by atoms with Gasteiger partial charge in [-0.1, -0.05) is 37.1 Å². The van der Waals surface area contributed by atoms with Crippen LogP contribution in [0.25, 0.3) is 0 Å². The predicted molar refractivity (Wildman–Crippen MR) is 82.3 cm³/mol. The van der Waals surface area contributed by atoms with Crippen molar-refractivity contribution in [1.29, 1.82) is 0 Å². The van der Waals surface area contributed by atoms with Crippen LogP contribution < -0.4 is 5.32 Å². The fourth-order valence-electron chi connectivity index (χ4n) is 1.89. The predicted octanol–water partition coefficient (Wildman–Crippen LogP) is 4.33. The Morgan fingerprint density at radius 2 is 2.00 bits per heavy atom. The van der Waals surface area contributed by atoms with Gasteiger partial charge in [0.2, 0.25) is 0 Å². The summed E-state index contributed by atoms with van der Waals surface area (Å²) < 4.78 is 0. The number of rotatable bonds is 5. The van der Waals surface area contributed by atoms with Gasteiger partial charge in [0.15, 0.2) is 0 Å². The molecule has 0 spiro atoms. The molecule has 0 saturated carbocycles. The van der Waals surface area contributed by atoms with E-state index < -0.39 is 0 Å². The summed E-state index contributed by atoms with van der Waals surface area (Å²) >= 11 is 5.94. The fraction of sp³-hybridized carbons (Fsp3) is 0.250. The minimum absolute atomic E-state index is 0.223. The van der Waals surface area contributed by atoms with Crippen molar-refractivity contribution in [1.82, 2.24) is 4.98 Å². The topological polar surface area (TPSA) is 42.0 Å².